The topological polar surface area (TPSA) is 20.2 Å². The average Bonchev–Trinajstić information content (AvgIpc) is 2.02. The smallest absolute Gasteiger partial charge is 0.348 e. The van der Waals surface area contributed by atoms with E-state index in [-0.39, 0.29) is 0 Å². The number of rotatable bonds is 2. The lowest BCUT2D eigenvalue weighted by Crippen LogP contribution is -2.85. The molecule has 0 bridgehead atoms. The summed E-state index contributed by atoms with van der Waals surface area (Å²) in [5.74, 6) is -9.31. The van der Waals surface area contributed by atoms with E-state index in [1.165, 1.54) is 0 Å². The van der Waals surface area contributed by atoms with E-state index in [1.807, 2.05) is 0 Å². The Kier molecular flexibility index (Phi) is 2.39. The van der Waals surface area contributed by atoms with Crippen molar-refractivity contribution >= 4 is 23.2 Å². The molecule has 0 heterocycles. The predicted molar refractivity (Wildman–Crippen MR) is 44.1 cm³/mol. The SMILES string of the molecule is C=CCC1(O)C(F)(F)C(F)(F)C1(Cl)Cl. The molecule has 82 valence electrons. The maximum atomic E-state index is 12.8. The maximum Gasteiger partial charge on any atom is 0.348 e. The lowest BCUT2D eigenvalue weighted by Gasteiger charge is -2.58. The zero-order valence-corrected chi connectivity index (χ0v) is 8.22. The second-order valence-electron chi connectivity index (χ2n) is 3.08. The van der Waals surface area contributed by atoms with Crippen LogP contribution in [0.25, 0.3) is 0 Å². The molecular weight excluding hydrogens is 247 g/mol. The second kappa shape index (κ2) is 2.77. The van der Waals surface area contributed by atoms with E-state index in [9.17, 15) is 22.7 Å². The Hall–Kier alpha value is -0.000000000000000111. The normalized spacial score (nSPS) is 37.4. The molecule has 14 heavy (non-hydrogen) atoms. The van der Waals surface area contributed by atoms with Gasteiger partial charge in [-0.1, -0.05) is 29.3 Å². The first kappa shape index (κ1) is 12.1. The number of hydrogen-bond donors (Lipinski definition) is 1. The first-order chi connectivity index (χ1) is 6.06. The van der Waals surface area contributed by atoms with Crippen LogP contribution < -0.4 is 0 Å². The van der Waals surface area contributed by atoms with Crippen LogP contribution in [0.5, 0.6) is 0 Å². The quantitative estimate of drug-likeness (QED) is 0.455. The van der Waals surface area contributed by atoms with Gasteiger partial charge in [-0.15, -0.1) is 6.58 Å². The highest BCUT2D eigenvalue weighted by Gasteiger charge is 2.94. The Morgan fingerprint density at radius 1 is 1.14 bits per heavy atom. The summed E-state index contributed by atoms with van der Waals surface area (Å²) >= 11 is 10.0. The highest BCUT2D eigenvalue weighted by atomic mass is 35.5. The Bertz CT molecular complexity index is 259. The lowest BCUT2D eigenvalue weighted by atomic mass is 9.69. The molecule has 0 saturated heterocycles. The summed E-state index contributed by atoms with van der Waals surface area (Å²) in [6.07, 6.45) is 0.0330. The Morgan fingerprint density at radius 2 is 1.57 bits per heavy atom. The van der Waals surface area contributed by atoms with Gasteiger partial charge in [0.15, 0.2) is 5.60 Å². The van der Waals surface area contributed by atoms with Crippen molar-refractivity contribution in [2.24, 2.45) is 0 Å². The van der Waals surface area contributed by atoms with E-state index in [1.54, 1.807) is 0 Å². The van der Waals surface area contributed by atoms with Crippen LogP contribution >= 0.6 is 23.2 Å². The summed E-state index contributed by atoms with van der Waals surface area (Å²) in [4.78, 5) is 0. The lowest BCUT2D eigenvalue weighted by molar-refractivity contribution is -0.384. The zero-order valence-electron chi connectivity index (χ0n) is 6.71. The molecular formula is C7H6Cl2F4O. The van der Waals surface area contributed by atoms with Crippen molar-refractivity contribution in [3.8, 4) is 0 Å². The molecule has 0 spiro atoms. The molecule has 0 aliphatic heterocycles. The van der Waals surface area contributed by atoms with Crippen LogP contribution in [0.2, 0.25) is 0 Å². The molecule has 1 N–H and O–H groups in total. The molecule has 1 unspecified atom stereocenters. The van der Waals surface area contributed by atoms with Gasteiger partial charge in [-0.3, -0.25) is 0 Å². The van der Waals surface area contributed by atoms with Gasteiger partial charge in [0.05, 0.1) is 0 Å². The van der Waals surface area contributed by atoms with Crippen molar-refractivity contribution in [1.82, 2.24) is 0 Å². The van der Waals surface area contributed by atoms with Gasteiger partial charge >= 0.3 is 11.8 Å². The molecule has 1 rings (SSSR count). The van der Waals surface area contributed by atoms with Gasteiger partial charge in [-0.25, -0.2) is 0 Å². The summed E-state index contributed by atoms with van der Waals surface area (Å²) in [5.41, 5.74) is -3.17. The molecule has 1 fully saturated rings. The summed E-state index contributed by atoms with van der Waals surface area (Å²) in [6, 6.07) is 0. The van der Waals surface area contributed by atoms with Crippen LogP contribution in [0.4, 0.5) is 17.6 Å². The molecule has 1 aliphatic rings. The summed E-state index contributed by atoms with van der Waals surface area (Å²) in [7, 11) is 0. The molecule has 1 atom stereocenters. The molecule has 0 amide bonds. The monoisotopic (exact) mass is 252 g/mol. The van der Waals surface area contributed by atoms with Crippen LogP contribution in [0.3, 0.4) is 0 Å². The molecule has 1 saturated carbocycles. The summed E-state index contributed by atoms with van der Waals surface area (Å²) < 4.78 is 47.9. The fraction of sp³-hybridized carbons (Fsp3) is 0.714. The minimum absolute atomic E-state index is 0.817. The minimum Gasteiger partial charge on any atom is -0.380 e. The fourth-order valence-corrected chi connectivity index (χ4v) is 1.95. The Morgan fingerprint density at radius 3 is 1.86 bits per heavy atom. The van der Waals surface area contributed by atoms with Gasteiger partial charge < -0.3 is 5.11 Å². The zero-order chi connectivity index (χ0) is 11.4. The highest BCUT2D eigenvalue weighted by molar-refractivity contribution is 6.51. The fourth-order valence-electron chi connectivity index (χ4n) is 1.32. The first-order valence-electron chi connectivity index (χ1n) is 3.53. The van der Waals surface area contributed by atoms with E-state index in [0.29, 0.717) is 0 Å². The van der Waals surface area contributed by atoms with E-state index in [0.717, 1.165) is 6.08 Å². The standard InChI is InChI=1S/C7H6Cl2F4O/c1-2-3-4(14)5(8,9)7(12,13)6(4,10)11/h2,14H,1,3H2. The van der Waals surface area contributed by atoms with E-state index in [4.69, 9.17) is 23.2 Å². The number of aliphatic hydroxyl groups is 1. The van der Waals surface area contributed by atoms with Crippen LogP contribution in [-0.4, -0.2) is 26.9 Å². The van der Waals surface area contributed by atoms with Gasteiger partial charge in [-0.2, -0.15) is 17.6 Å². The van der Waals surface area contributed by atoms with E-state index >= 15 is 0 Å². The minimum atomic E-state index is -4.66. The largest absolute Gasteiger partial charge is 0.380 e. The Labute approximate surface area is 87.3 Å². The Balaban J connectivity index is 3.17. The molecule has 1 nitrogen and oxygen atoms in total. The van der Waals surface area contributed by atoms with Gasteiger partial charge in [0.1, 0.15) is 0 Å². The molecule has 0 aromatic heterocycles. The average molecular weight is 253 g/mol. The number of hydrogen-bond acceptors (Lipinski definition) is 1. The first-order valence-corrected chi connectivity index (χ1v) is 4.28. The van der Waals surface area contributed by atoms with Crippen molar-refractivity contribution in [1.29, 1.82) is 0 Å². The number of alkyl halides is 6. The molecule has 0 radical (unpaired) electrons. The van der Waals surface area contributed by atoms with Crippen molar-refractivity contribution < 1.29 is 22.7 Å². The second-order valence-corrected chi connectivity index (χ2v) is 4.40. The summed E-state index contributed by atoms with van der Waals surface area (Å²) in [6.45, 7) is 3.05. The van der Waals surface area contributed by atoms with Crippen molar-refractivity contribution in [2.75, 3.05) is 0 Å². The van der Waals surface area contributed by atoms with Crippen LogP contribution in [0.1, 0.15) is 6.42 Å². The third kappa shape index (κ3) is 0.907. The maximum absolute atomic E-state index is 12.8. The molecule has 7 heteroatoms. The molecule has 1 aliphatic carbocycles. The van der Waals surface area contributed by atoms with Crippen LogP contribution in [-0.2, 0) is 0 Å². The summed E-state index contributed by atoms with van der Waals surface area (Å²) in [5, 5.41) is 9.24. The van der Waals surface area contributed by atoms with Crippen molar-refractivity contribution in [3.05, 3.63) is 12.7 Å². The van der Waals surface area contributed by atoms with Gasteiger partial charge in [-0.05, 0) is 0 Å². The van der Waals surface area contributed by atoms with Crippen molar-refractivity contribution in [3.63, 3.8) is 0 Å². The van der Waals surface area contributed by atoms with E-state index < -0.39 is 28.2 Å². The predicted octanol–water partition coefficient (Wildman–Crippen LogP) is 2.75. The molecule has 0 aromatic rings. The third-order valence-corrected chi connectivity index (χ3v) is 3.37. The van der Waals surface area contributed by atoms with Crippen LogP contribution in [0.15, 0.2) is 12.7 Å². The highest BCUT2D eigenvalue weighted by Crippen LogP contribution is 2.70. The van der Waals surface area contributed by atoms with E-state index in [2.05, 4.69) is 6.58 Å². The molecule has 0 aromatic carbocycles. The van der Waals surface area contributed by atoms with Gasteiger partial charge in [0.25, 0.3) is 0 Å². The number of halogens is 6. The van der Waals surface area contributed by atoms with Gasteiger partial charge in [0.2, 0.25) is 4.33 Å². The van der Waals surface area contributed by atoms with Gasteiger partial charge in [0, 0.05) is 6.42 Å². The third-order valence-electron chi connectivity index (χ3n) is 2.27. The van der Waals surface area contributed by atoms with Crippen molar-refractivity contribution in [2.45, 2.75) is 28.2 Å². The van der Waals surface area contributed by atoms with Crippen LogP contribution in [0, 0.1) is 0 Å².